The first-order chi connectivity index (χ1) is 16.2. The van der Waals surface area contributed by atoms with Crippen molar-refractivity contribution in [3.8, 4) is 11.1 Å². The molecule has 0 saturated carbocycles. The summed E-state index contributed by atoms with van der Waals surface area (Å²) in [5.41, 5.74) is 13.1. The van der Waals surface area contributed by atoms with E-state index in [1.165, 1.54) is 17.9 Å². The average Bonchev–Trinajstić information content (AvgIpc) is 3.20. The van der Waals surface area contributed by atoms with E-state index in [9.17, 15) is 18.8 Å². The molecular weight excluding hydrogens is 445 g/mol. The van der Waals surface area contributed by atoms with Gasteiger partial charge in [0.25, 0.3) is 0 Å². The number of halogens is 1. The predicted molar refractivity (Wildman–Crippen MR) is 123 cm³/mol. The third-order valence-electron chi connectivity index (χ3n) is 5.19. The summed E-state index contributed by atoms with van der Waals surface area (Å²) < 4.78 is 20.1. The monoisotopic (exact) mass is 471 g/mol. The lowest BCUT2D eigenvalue weighted by molar-refractivity contribution is -0.145. The molecule has 0 bridgehead atoms. The molecule has 1 aliphatic rings. The number of nitrogens with zero attached hydrogens (tertiary/aromatic N) is 2. The molecule has 1 heterocycles. The van der Waals surface area contributed by atoms with Crippen LogP contribution in [-0.4, -0.2) is 49.0 Å². The maximum atomic E-state index is 14.9. The maximum absolute atomic E-state index is 14.9. The molecule has 3 rings (SSSR count). The number of cyclic esters (lactones) is 1. The molecule has 1 saturated heterocycles. The summed E-state index contributed by atoms with van der Waals surface area (Å²) >= 11 is 0. The van der Waals surface area contributed by atoms with Gasteiger partial charge in [-0.2, -0.15) is 0 Å². The highest BCUT2D eigenvalue weighted by Gasteiger charge is 2.32. The zero-order valence-corrected chi connectivity index (χ0v) is 18.8. The van der Waals surface area contributed by atoms with E-state index in [0.29, 0.717) is 28.8 Å². The van der Waals surface area contributed by atoms with Gasteiger partial charge in [0.1, 0.15) is 18.0 Å². The van der Waals surface area contributed by atoms with Gasteiger partial charge < -0.3 is 26.4 Å². The smallest absolute Gasteiger partial charge is 0.414 e. The number of hydrogen-bond acceptors (Lipinski definition) is 7. The minimum absolute atomic E-state index is 0.0274. The summed E-state index contributed by atoms with van der Waals surface area (Å²) in [6.07, 6.45) is -0.720. The fourth-order valence-electron chi connectivity index (χ4n) is 3.20. The van der Waals surface area contributed by atoms with Gasteiger partial charge in [-0.1, -0.05) is 36.3 Å². The molecule has 2 aromatic carbocycles. The van der Waals surface area contributed by atoms with Crippen molar-refractivity contribution in [2.75, 3.05) is 18.0 Å². The van der Waals surface area contributed by atoms with Crippen molar-refractivity contribution in [2.24, 2.45) is 16.6 Å². The lowest BCUT2D eigenvalue weighted by Crippen LogP contribution is -2.33. The Balaban J connectivity index is 1.70. The summed E-state index contributed by atoms with van der Waals surface area (Å²) in [7, 11) is 0. The molecule has 0 aromatic heterocycles. The molecular formula is C23H26FN5O5. The van der Waals surface area contributed by atoms with Crippen LogP contribution in [0.1, 0.15) is 25.8 Å². The zero-order valence-electron chi connectivity index (χ0n) is 18.8. The van der Waals surface area contributed by atoms with Crippen molar-refractivity contribution in [2.45, 2.75) is 32.4 Å². The van der Waals surface area contributed by atoms with Crippen LogP contribution in [0.25, 0.3) is 11.1 Å². The number of amidine groups is 1. The Labute approximate surface area is 195 Å². The molecule has 2 aromatic rings. The molecule has 5 N–H and O–H groups in total. The van der Waals surface area contributed by atoms with Crippen LogP contribution in [0.4, 0.5) is 14.9 Å². The third kappa shape index (κ3) is 5.87. The van der Waals surface area contributed by atoms with Crippen molar-refractivity contribution in [1.82, 2.24) is 5.32 Å². The van der Waals surface area contributed by atoms with E-state index in [1.54, 1.807) is 43.3 Å². The average molecular weight is 471 g/mol. The molecule has 1 fully saturated rings. The fraction of sp³-hybridized carbons (Fsp3) is 0.304. The highest BCUT2D eigenvalue weighted by atomic mass is 19.1. The number of anilines is 1. The molecule has 2 unspecified atom stereocenters. The van der Waals surface area contributed by atoms with Gasteiger partial charge in [-0.15, -0.1) is 0 Å². The van der Waals surface area contributed by atoms with Crippen molar-refractivity contribution in [3.63, 3.8) is 0 Å². The van der Waals surface area contributed by atoms with Crippen LogP contribution in [0.15, 0.2) is 47.6 Å². The molecule has 2 amide bonds. The Hall–Kier alpha value is -3.99. The quantitative estimate of drug-likeness (QED) is 0.230. The molecule has 2 atom stereocenters. The summed E-state index contributed by atoms with van der Waals surface area (Å²) in [4.78, 5) is 40.8. The fourth-order valence-corrected chi connectivity index (χ4v) is 3.20. The molecule has 0 radical (unpaired) electrons. The minimum atomic E-state index is -0.782. The van der Waals surface area contributed by atoms with Gasteiger partial charge in [0.2, 0.25) is 5.91 Å². The third-order valence-corrected chi connectivity index (χ3v) is 5.19. The van der Waals surface area contributed by atoms with Crippen LogP contribution in [0.2, 0.25) is 0 Å². The number of nitrogens with one attached hydrogen (secondary N) is 1. The predicted octanol–water partition coefficient (Wildman–Crippen LogP) is 1.85. The first-order valence-electron chi connectivity index (χ1n) is 10.6. The lowest BCUT2D eigenvalue weighted by Gasteiger charge is -2.14. The number of carbonyl (C=O) groups is 3. The van der Waals surface area contributed by atoms with E-state index in [-0.39, 0.29) is 24.8 Å². The summed E-state index contributed by atoms with van der Waals surface area (Å²) in [6.45, 7) is 3.49. The van der Waals surface area contributed by atoms with Gasteiger partial charge >= 0.3 is 12.1 Å². The molecule has 0 spiro atoms. The van der Waals surface area contributed by atoms with Gasteiger partial charge in [-0.3, -0.25) is 9.69 Å². The van der Waals surface area contributed by atoms with Gasteiger partial charge in [0.05, 0.1) is 18.8 Å². The Kier molecular flexibility index (Phi) is 7.79. The van der Waals surface area contributed by atoms with Crippen LogP contribution >= 0.6 is 0 Å². The number of carbonyl (C=O) groups excluding carboxylic acids is 3. The Morgan fingerprint density at radius 3 is 2.62 bits per heavy atom. The first kappa shape index (κ1) is 24.6. The van der Waals surface area contributed by atoms with E-state index < -0.39 is 30.0 Å². The second-order valence-electron chi connectivity index (χ2n) is 7.70. The molecule has 180 valence electrons. The van der Waals surface area contributed by atoms with E-state index in [1.807, 2.05) is 0 Å². The van der Waals surface area contributed by atoms with Gasteiger partial charge in [0, 0.05) is 18.1 Å². The molecule has 34 heavy (non-hydrogen) atoms. The van der Waals surface area contributed by atoms with E-state index in [2.05, 4.69) is 10.5 Å². The summed E-state index contributed by atoms with van der Waals surface area (Å²) in [6, 6.07) is 10.1. The number of nitrogens with two attached hydrogens (primary N) is 2. The van der Waals surface area contributed by atoms with Gasteiger partial charge in [-0.25, -0.2) is 14.0 Å². The molecule has 1 aliphatic heterocycles. The number of oxime groups is 1. The van der Waals surface area contributed by atoms with E-state index in [0.717, 1.165) is 0 Å². The summed E-state index contributed by atoms with van der Waals surface area (Å²) in [5.74, 6) is -1.48. The molecule has 11 heteroatoms. The largest absolute Gasteiger partial charge is 0.442 e. The van der Waals surface area contributed by atoms with E-state index >= 15 is 0 Å². The number of ether oxygens (including phenoxy) is 1. The van der Waals surface area contributed by atoms with Crippen molar-refractivity contribution < 1.29 is 28.3 Å². The van der Waals surface area contributed by atoms with Gasteiger partial charge in [0.15, 0.2) is 5.84 Å². The van der Waals surface area contributed by atoms with Gasteiger partial charge in [-0.05, 0) is 30.2 Å². The maximum Gasteiger partial charge on any atom is 0.414 e. The molecule has 10 nitrogen and oxygen atoms in total. The van der Waals surface area contributed by atoms with Crippen molar-refractivity contribution in [1.29, 1.82) is 0 Å². The van der Waals surface area contributed by atoms with Crippen LogP contribution in [0.3, 0.4) is 0 Å². The van der Waals surface area contributed by atoms with Crippen molar-refractivity contribution >= 4 is 29.5 Å². The van der Waals surface area contributed by atoms with Crippen LogP contribution in [-0.2, 0) is 19.2 Å². The highest BCUT2D eigenvalue weighted by molar-refractivity contribution is 5.98. The van der Waals surface area contributed by atoms with Crippen LogP contribution < -0.4 is 21.7 Å². The standard InChI is InChI=1S/C23H26FN5O5/c1-3-20(25)22(31)34-28-21(26)15-6-4-14(5-7-15)18-9-8-16(10-19(18)24)29-12-17(33-23(29)32)11-27-13(2)30/h4-10,17,20H,3,11-12,25H2,1-2H3,(H2,26,28)(H,27,30). The van der Waals surface area contributed by atoms with E-state index in [4.69, 9.17) is 21.0 Å². The Morgan fingerprint density at radius 2 is 2.00 bits per heavy atom. The topological polar surface area (TPSA) is 149 Å². The van der Waals surface area contributed by atoms with Crippen LogP contribution in [0, 0.1) is 5.82 Å². The van der Waals surface area contributed by atoms with Crippen LogP contribution in [0.5, 0.6) is 0 Å². The normalized spacial score (nSPS) is 16.7. The number of amides is 2. The Bertz CT molecular complexity index is 1110. The number of hydrogen-bond donors (Lipinski definition) is 3. The minimum Gasteiger partial charge on any atom is -0.442 e. The second kappa shape index (κ2) is 10.8. The second-order valence-corrected chi connectivity index (χ2v) is 7.70. The first-order valence-corrected chi connectivity index (χ1v) is 10.6. The summed E-state index contributed by atoms with van der Waals surface area (Å²) in [5, 5.41) is 6.18. The van der Waals surface area contributed by atoms with Crippen molar-refractivity contribution in [3.05, 3.63) is 53.8 Å². The molecule has 0 aliphatic carbocycles. The SMILES string of the molecule is CCC(N)C(=O)ON=C(N)c1ccc(-c2ccc(N3CC(CNC(C)=O)OC3=O)cc2F)cc1. The lowest BCUT2D eigenvalue weighted by atomic mass is 10.0. The highest BCUT2D eigenvalue weighted by Crippen LogP contribution is 2.29. The Morgan fingerprint density at radius 1 is 1.29 bits per heavy atom. The zero-order chi connectivity index (χ0) is 24.8. The number of rotatable bonds is 8. The number of benzene rings is 2.